The normalized spacial score (nSPS) is 14.1. The molecule has 2 atom stereocenters. The maximum Gasteiger partial charge on any atom is 0.262 e. The second-order valence-electron chi connectivity index (χ2n) is 12.2. The number of carbonyl (C=O) groups is 4. The summed E-state index contributed by atoms with van der Waals surface area (Å²) in [5, 5.41) is 4.19. The van der Waals surface area contributed by atoms with Crippen molar-refractivity contribution < 1.29 is 19.2 Å². The Hall–Kier alpha value is -6.85. The number of hydrogen-bond donors (Lipinski definition) is 0. The van der Waals surface area contributed by atoms with Gasteiger partial charge in [-0.15, -0.1) is 12.8 Å². The van der Waals surface area contributed by atoms with Crippen molar-refractivity contribution >= 4 is 47.5 Å². The lowest BCUT2D eigenvalue weighted by Crippen LogP contribution is -2.37. The Labute approximate surface area is 309 Å². The molecule has 6 aromatic rings. The molecule has 0 spiro atoms. The third-order valence-corrected chi connectivity index (χ3v) is 11.6. The summed E-state index contributed by atoms with van der Waals surface area (Å²) in [4.78, 5) is 54.4. The zero-order valence-electron chi connectivity index (χ0n) is 28.4. The van der Waals surface area contributed by atoms with Crippen LogP contribution < -0.4 is 15.9 Å². The summed E-state index contributed by atoms with van der Waals surface area (Å²) in [6, 6.07) is 49.8. The van der Waals surface area contributed by atoms with Crippen LogP contribution in [0.15, 0.2) is 164 Å². The molecule has 8 rings (SSSR count). The maximum atomic E-state index is 13.1. The minimum absolute atomic E-state index is 0.263. The summed E-state index contributed by atoms with van der Waals surface area (Å²) in [6.07, 6.45) is 11.7. The SMILES string of the molecule is C#CC(c1ccccc1C(C#C)N1C(=O)c2ccccc2C1=O)N1C(=O)c2ccccc2C1=O.c1ccc(P(c2ccccc2)c2ccccc2)cc1. The first-order chi connectivity index (χ1) is 25.9. The Morgan fingerprint density at radius 1 is 0.377 bits per heavy atom. The fraction of sp³-hybridized carbons (Fsp3) is 0.0435. The molecule has 6 nitrogen and oxygen atoms in total. The first-order valence-corrected chi connectivity index (χ1v) is 18.2. The first-order valence-electron chi connectivity index (χ1n) is 16.8. The van der Waals surface area contributed by atoms with Crippen LogP contribution in [0.5, 0.6) is 0 Å². The number of carbonyl (C=O) groups excluding carboxylic acids is 4. The van der Waals surface area contributed by atoms with E-state index >= 15 is 0 Å². The summed E-state index contributed by atoms with van der Waals surface area (Å²) in [5.41, 5.74) is 1.83. The van der Waals surface area contributed by atoms with Crippen molar-refractivity contribution in [3.05, 3.63) is 197 Å². The van der Waals surface area contributed by atoms with Crippen molar-refractivity contribution in [1.82, 2.24) is 9.80 Å². The molecular weight excluding hydrogens is 675 g/mol. The van der Waals surface area contributed by atoms with Crippen molar-refractivity contribution in [1.29, 1.82) is 0 Å². The predicted molar refractivity (Wildman–Crippen MR) is 209 cm³/mol. The summed E-state index contributed by atoms with van der Waals surface area (Å²) < 4.78 is 0. The molecule has 6 aromatic carbocycles. The van der Waals surface area contributed by atoms with Gasteiger partial charge in [0.05, 0.1) is 22.3 Å². The summed E-state index contributed by atoms with van der Waals surface area (Å²) >= 11 is 0. The third-order valence-electron chi connectivity index (χ3n) is 9.11. The number of rotatable bonds is 7. The van der Waals surface area contributed by atoms with Crippen LogP contribution in [-0.2, 0) is 0 Å². The Kier molecular flexibility index (Phi) is 9.91. The van der Waals surface area contributed by atoms with Gasteiger partial charge in [0.1, 0.15) is 12.1 Å². The highest BCUT2D eigenvalue weighted by molar-refractivity contribution is 7.79. The highest BCUT2D eigenvalue weighted by Gasteiger charge is 2.44. The third kappa shape index (κ3) is 6.45. The van der Waals surface area contributed by atoms with E-state index in [9.17, 15) is 19.2 Å². The summed E-state index contributed by atoms with van der Waals surface area (Å²) in [6.45, 7) is 0. The van der Waals surface area contributed by atoms with Gasteiger partial charge in [-0.1, -0.05) is 151 Å². The molecule has 0 aliphatic carbocycles. The molecule has 0 N–H and O–H groups in total. The maximum absolute atomic E-state index is 13.1. The molecular formula is C46H31N2O4P. The minimum Gasteiger partial charge on any atom is -0.269 e. The van der Waals surface area contributed by atoms with E-state index in [0.717, 1.165) is 9.80 Å². The molecule has 0 saturated carbocycles. The average molecular weight is 707 g/mol. The lowest BCUT2D eigenvalue weighted by atomic mass is 9.93. The first kappa shape index (κ1) is 34.6. The van der Waals surface area contributed by atoms with Crippen molar-refractivity contribution in [2.45, 2.75) is 12.1 Å². The van der Waals surface area contributed by atoms with Gasteiger partial charge in [-0.3, -0.25) is 29.0 Å². The van der Waals surface area contributed by atoms with Gasteiger partial charge in [-0.05, 0) is 59.2 Å². The number of fused-ring (bicyclic) bond motifs is 2. The van der Waals surface area contributed by atoms with Crippen LogP contribution in [0.2, 0.25) is 0 Å². The molecule has 254 valence electrons. The van der Waals surface area contributed by atoms with Crippen LogP contribution in [-0.4, -0.2) is 33.4 Å². The van der Waals surface area contributed by atoms with E-state index in [-0.39, 0.29) is 22.3 Å². The molecule has 0 saturated heterocycles. The molecule has 2 heterocycles. The van der Waals surface area contributed by atoms with E-state index in [1.807, 2.05) is 0 Å². The number of benzene rings is 6. The Morgan fingerprint density at radius 2 is 0.623 bits per heavy atom. The molecule has 0 radical (unpaired) electrons. The van der Waals surface area contributed by atoms with Crippen LogP contribution in [0.4, 0.5) is 0 Å². The van der Waals surface area contributed by atoms with Crippen LogP contribution >= 0.6 is 7.92 Å². The van der Waals surface area contributed by atoms with E-state index in [1.54, 1.807) is 72.8 Å². The second-order valence-corrected chi connectivity index (χ2v) is 14.4. The van der Waals surface area contributed by atoms with Gasteiger partial charge in [-0.2, -0.15) is 0 Å². The van der Waals surface area contributed by atoms with E-state index < -0.39 is 43.6 Å². The van der Waals surface area contributed by atoms with Crippen LogP contribution in [0.1, 0.15) is 64.6 Å². The molecule has 7 heteroatoms. The van der Waals surface area contributed by atoms with E-state index in [4.69, 9.17) is 12.8 Å². The molecule has 0 bridgehead atoms. The van der Waals surface area contributed by atoms with Gasteiger partial charge < -0.3 is 0 Å². The molecule has 53 heavy (non-hydrogen) atoms. The van der Waals surface area contributed by atoms with E-state index in [0.29, 0.717) is 11.1 Å². The van der Waals surface area contributed by atoms with E-state index in [1.165, 1.54) is 15.9 Å². The van der Waals surface area contributed by atoms with E-state index in [2.05, 4.69) is 103 Å². The number of imide groups is 2. The van der Waals surface area contributed by atoms with Crippen molar-refractivity contribution in [3.63, 3.8) is 0 Å². The molecule has 4 amide bonds. The fourth-order valence-electron chi connectivity index (χ4n) is 6.68. The lowest BCUT2D eigenvalue weighted by Gasteiger charge is -2.28. The minimum atomic E-state index is -1.09. The van der Waals surface area contributed by atoms with Crippen LogP contribution in [0.25, 0.3) is 0 Å². The fourth-order valence-corrected chi connectivity index (χ4v) is 8.98. The summed E-state index contributed by atoms with van der Waals surface area (Å²) in [5.74, 6) is 3.00. The molecule has 2 unspecified atom stereocenters. The zero-order valence-corrected chi connectivity index (χ0v) is 29.3. The Morgan fingerprint density at radius 3 is 0.887 bits per heavy atom. The standard InChI is InChI=1S/C28H16N2O4.C18H15P/c1-3-23(29-25(31)19-13-7-8-14-20(19)26(29)32)17-11-5-6-12-18(17)24(4-2)30-27(33)21-15-9-10-16-22(21)28(30)34;1-4-10-16(11-5-1)19(17-12-6-2-7-13-17)18-14-8-3-9-15-18/h1-2,5-16,23-24H;1-15H. The van der Waals surface area contributed by atoms with Crippen molar-refractivity contribution in [3.8, 4) is 24.7 Å². The van der Waals surface area contributed by atoms with Crippen molar-refractivity contribution in [2.24, 2.45) is 0 Å². The highest BCUT2D eigenvalue weighted by Crippen LogP contribution is 2.38. The van der Waals surface area contributed by atoms with Crippen LogP contribution in [0, 0.1) is 24.7 Å². The highest BCUT2D eigenvalue weighted by atomic mass is 31.1. The van der Waals surface area contributed by atoms with Gasteiger partial charge in [0.15, 0.2) is 0 Å². The molecule has 2 aliphatic heterocycles. The predicted octanol–water partition coefficient (Wildman–Crippen LogP) is 7.07. The zero-order chi connectivity index (χ0) is 36.9. The molecule has 0 fully saturated rings. The quantitative estimate of drug-likeness (QED) is 0.101. The van der Waals surface area contributed by atoms with Gasteiger partial charge in [0, 0.05) is 0 Å². The summed E-state index contributed by atoms with van der Waals surface area (Å²) in [7, 11) is -0.446. The molecule has 2 aliphatic rings. The number of amides is 4. The van der Waals surface area contributed by atoms with Gasteiger partial charge >= 0.3 is 0 Å². The van der Waals surface area contributed by atoms with Crippen molar-refractivity contribution in [2.75, 3.05) is 0 Å². The topological polar surface area (TPSA) is 74.8 Å². The number of terminal acetylenes is 2. The lowest BCUT2D eigenvalue weighted by molar-refractivity contribution is 0.0590. The average Bonchev–Trinajstić information content (AvgIpc) is 3.62. The Balaban J connectivity index is 0.000000193. The second kappa shape index (κ2) is 15.2. The number of nitrogens with zero attached hydrogens (tertiary/aromatic N) is 2. The largest absolute Gasteiger partial charge is 0.269 e. The van der Waals surface area contributed by atoms with Gasteiger partial charge in [-0.25, -0.2) is 0 Å². The molecule has 0 aromatic heterocycles. The van der Waals surface area contributed by atoms with Gasteiger partial charge in [0.2, 0.25) is 0 Å². The number of hydrogen-bond acceptors (Lipinski definition) is 4. The monoisotopic (exact) mass is 706 g/mol. The Bertz CT molecular complexity index is 2160. The van der Waals surface area contributed by atoms with Crippen LogP contribution in [0.3, 0.4) is 0 Å². The smallest absolute Gasteiger partial charge is 0.262 e. The van der Waals surface area contributed by atoms with Gasteiger partial charge in [0.25, 0.3) is 23.6 Å².